The summed E-state index contributed by atoms with van der Waals surface area (Å²) >= 11 is 0. The molecule has 142 valence electrons. The fourth-order valence-corrected chi connectivity index (χ4v) is 3.64. The van der Waals surface area contributed by atoms with E-state index in [1.165, 1.54) is 24.3 Å². The summed E-state index contributed by atoms with van der Waals surface area (Å²) in [6.07, 6.45) is 3.67. The van der Waals surface area contributed by atoms with Gasteiger partial charge in [-0.1, -0.05) is 6.42 Å². The van der Waals surface area contributed by atoms with Crippen molar-refractivity contribution in [2.75, 3.05) is 32.8 Å². The molecule has 1 saturated heterocycles. The number of nitrogens with two attached hydrogens (primary N) is 1. The second kappa shape index (κ2) is 8.49. The maximum absolute atomic E-state index is 12.9. The molecular formula is C19H26FN3O3. The summed E-state index contributed by atoms with van der Waals surface area (Å²) in [7, 11) is 0. The van der Waals surface area contributed by atoms with Gasteiger partial charge in [-0.3, -0.25) is 9.59 Å². The first-order valence-electron chi connectivity index (χ1n) is 9.22. The number of benzene rings is 1. The van der Waals surface area contributed by atoms with E-state index in [1.54, 1.807) is 4.90 Å². The summed E-state index contributed by atoms with van der Waals surface area (Å²) in [5, 5.41) is 0. The Labute approximate surface area is 153 Å². The molecular weight excluding hydrogens is 337 g/mol. The van der Waals surface area contributed by atoms with E-state index >= 15 is 0 Å². The Kier molecular flexibility index (Phi) is 6.08. The van der Waals surface area contributed by atoms with Crippen LogP contribution in [0.4, 0.5) is 4.39 Å². The molecule has 0 spiro atoms. The first kappa shape index (κ1) is 18.6. The average Bonchev–Trinajstić information content (AvgIpc) is 3.05. The standard InChI is InChI=1S/C19H26FN3O3/c20-15-4-6-16(7-5-15)26-13-19(25)23-10-8-22(9-11-23)18(24)12-14-2-1-3-17(14)21/h4-7,14,17H,1-3,8-13,21H2/t14-,17+/m0/s1. The van der Waals surface area contributed by atoms with Gasteiger partial charge in [-0.15, -0.1) is 0 Å². The number of nitrogens with zero attached hydrogens (tertiary/aromatic N) is 2. The van der Waals surface area contributed by atoms with E-state index in [0.29, 0.717) is 44.3 Å². The molecule has 2 aliphatic rings. The highest BCUT2D eigenvalue weighted by Gasteiger charge is 2.30. The third kappa shape index (κ3) is 4.72. The van der Waals surface area contributed by atoms with Crippen molar-refractivity contribution >= 4 is 11.8 Å². The monoisotopic (exact) mass is 363 g/mol. The van der Waals surface area contributed by atoms with Gasteiger partial charge in [0, 0.05) is 38.6 Å². The first-order chi connectivity index (χ1) is 12.5. The number of carbonyl (C=O) groups is 2. The van der Waals surface area contributed by atoms with Crippen LogP contribution in [0.3, 0.4) is 0 Å². The number of piperazine rings is 1. The molecule has 0 radical (unpaired) electrons. The fraction of sp³-hybridized carbons (Fsp3) is 0.579. The molecule has 1 aromatic rings. The van der Waals surface area contributed by atoms with Crippen molar-refractivity contribution in [3.8, 4) is 5.75 Å². The van der Waals surface area contributed by atoms with Gasteiger partial charge >= 0.3 is 0 Å². The maximum atomic E-state index is 12.9. The van der Waals surface area contributed by atoms with Crippen LogP contribution in [-0.2, 0) is 9.59 Å². The number of rotatable bonds is 5. The van der Waals surface area contributed by atoms with Gasteiger partial charge in [-0.05, 0) is 43.0 Å². The summed E-state index contributed by atoms with van der Waals surface area (Å²) in [5.41, 5.74) is 6.05. The molecule has 2 atom stereocenters. The predicted octanol–water partition coefficient (Wildman–Crippen LogP) is 1.39. The number of ether oxygens (including phenoxy) is 1. The second-order valence-electron chi connectivity index (χ2n) is 7.06. The molecule has 26 heavy (non-hydrogen) atoms. The van der Waals surface area contributed by atoms with Crippen molar-refractivity contribution in [3.63, 3.8) is 0 Å². The molecule has 2 fully saturated rings. The van der Waals surface area contributed by atoms with Gasteiger partial charge in [-0.25, -0.2) is 4.39 Å². The van der Waals surface area contributed by atoms with Crippen molar-refractivity contribution in [3.05, 3.63) is 30.1 Å². The number of hydrogen-bond donors (Lipinski definition) is 1. The molecule has 1 aliphatic heterocycles. The molecule has 6 nitrogen and oxygen atoms in total. The highest BCUT2D eigenvalue weighted by molar-refractivity contribution is 5.79. The molecule has 1 saturated carbocycles. The van der Waals surface area contributed by atoms with Crippen LogP contribution in [0.5, 0.6) is 5.75 Å². The predicted molar refractivity (Wildman–Crippen MR) is 95.0 cm³/mol. The Bertz CT molecular complexity index is 629. The lowest BCUT2D eigenvalue weighted by atomic mass is 9.99. The molecule has 0 aromatic heterocycles. The molecule has 1 aromatic carbocycles. The van der Waals surface area contributed by atoms with Crippen LogP contribution in [0.1, 0.15) is 25.7 Å². The van der Waals surface area contributed by atoms with Crippen molar-refractivity contribution in [2.45, 2.75) is 31.7 Å². The minimum absolute atomic E-state index is 0.0868. The van der Waals surface area contributed by atoms with E-state index < -0.39 is 0 Å². The molecule has 1 heterocycles. The van der Waals surface area contributed by atoms with Gasteiger partial charge in [0.2, 0.25) is 5.91 Å². The van der Waals surface area contributed by atoms with Crippen LogP contribution in [0.15, 0.2) is 24.3 Å². The second-order valence-corrected chi connectivity index (χ2v) is 7.06. The van der Waals surface area contributed by atoms with Crippen molar-refractivity contribution in [1.82, 2.24) is 9.80 Å². The summed E-state index contributed by atoms with van der Waals surface area (Å²) < 4.78 is 18.3. The Morgan fingerprint density at radius 2 is 1.65 bits per heavy atom. The summed E-state index contributed by atoms with van der Waals surface area (Å²) in [6.45, 7) is 2.02. The highest BCUT2D eigenvalue weighted by Crippen LogP contribution is 2.27. The smallest absolute Gasteiger partial charge is 0.260 e. The van der Waals surface area contributed by atoms with Crippen molar-refractivity contribution < 1.29 is 18.7 Å². The Morgan fingerprint density at radius 3 is 2.23 bits per heavy atom. The molecule has 2 amide bonds. The zero-order valence-corrected chi connectivity index (χ0v) is 14.9. The highest BCUT2D eigenvalue weighted by atomic mass is 19.1. The van der Waals surface area contributed by atoms with Crippen LogP contribution in [0, 0.1) is 11.7 Å². The molecule has 7 heteroatoms. The van der Waals surface area contributed by atoms with Crippen LogP contribution in [0.2, 0.25) is 0 Å². The first-order valence-corrected chi connectivity index (χ1v) is 9.22. The van der Waals surface area contributed by atoms with Crippen LogP contribution >= 0.6 is 0 Å². The van der Waals surface area contributed by atoms with E-state index in [-0.39, 0.29) is 30.3 Å². The minimum atomic E-state index is -0.344. The van der Waals surface area contributed by atoms with Gasteiger partial charge in [0.25, 0.3) is 5.91 Å². The molecule has 0 bridgehead atoms. The van der Waals surface area contributed by atoms with E-state index in [0.717, 1.165) is 19.3 Å². The van der Waals surface area contributed by atoms with Crippen molar-refractivity contribution in [2.24, 2.45) is 11.7 Å². The normalized spacial score (nSPS) is 23.2. The number of amides is 2. The Balaban J connectivity index is 1.40. The van der Waals surface area contributed by atoms with Crippen LogP contribution in [-0.4, -0.2) is 60.4 Å². The van der Waals surface area contributed by atoms with Crippen molar-refractivity contribution in [1.29, 1.82) is 0 Å². The summed E-state index contributed by atoms with van der Waals surface area (Å²) in [6, 6.07) is 5.71. The lowest BCUT2D eigenvalue weighted by Crippen LogP contribution is -2.52. The number of hydrogen-bond acceptors (Lipinski definition) is 4. The molecule has 3 rings (SSSR count). The third-order valence-corrected chi connectivity index (χ3v) is 5.32. The Morgan fingerprint density at radius 1 is 1.04 bits per heavy atom. The lowest BCUT2D eigenvalue weighted by molar-refractivity contribution is -0.141. The quantitative estimate of drug-likeness (QED) is 0.858. The molecule has 1 aliphatic carbocycles. The van der Waals surface area contributed by atoms with Gasteiger partial charge in [0.05, 0.1) is 0 Å². The number of halogens is 1. The summed E-state index contributed by atoms with van der Waals surface area (Å²) in [5.74, 6) is 0.428. The summed E-state index contributed by atoms with van der Waals surface area (Å²) in [4.78, 5) is 28.2. The average molecular weight is 363 g/mol. The fourth-order valence-electron chi connectivity index (χ4n) is 3.64. The largest absolute Gasteiger partial charge is 0.484 e. The van der Waals surface area contributed by atoms with Gasteiger partial charge in [-0.2, -0.15) is 0 Å². The zero-order chi connectivity index (χ0) is 18.5. The number of carbonyl (C=O) groups excluding carboxylic acids is 2. The van der Waals surface area contributed by atoms with E-state index in [1.807, 2.05) is 4.90 Å². The SMILES string of the molecule is N[C@@H]1CCC[C@H]1CC(=O)N1CCN(C(=O)COc2ccc(F)cc2)CC1. The molecule has 0 unspecified atom stereocenters. The van der Waals surface area contributed by atoms with Gasteiger partial charge in [0.15, 0.2) is 6.61 Å². The van der Waals surface area contributed by atoms with Gasteiger partial charge in [0.1, 0.15) is 11.6 Å². The maximum Gasteiger partial charge on any atom is 0.260 e. The van der Waals surface area contributed by atoms with Crippen LogP contribution < -0.4 is 10.5 Å². The zero-order valence-electron chi connectivity index (χ0n) is 14.9. The molecule has 2 N–H and O–H groups in total. The van der Waals surface area contributed by atoms with E-state index in [9.17, 15) is 14.0 Å². The Hall–Kier alpha value is -2.15. The lowest BCUT2D eigenvalue weighted by Gasteiger charge is -2.35. The van der Waals surface area contributed by atoms with Crippen LogP contribution in [0.25, 0.3) is 0 Å². The minimum Gasteiger partial charge on any atom is -0.484 e. The van der Waals surface area contributed by atoms with Gasteiger partial charge < -0.3 is 20.3 Å². The van der Waals surface area contributed by atoms with E-state index in [2.05, 4.69) is 0 Å². The third-order valence-electron chi connectivity index (χ3n) is 5.32. The topological polar surface area (TPSA) is 75.9 Å². The van der Waals surface area contributed by atoms with E-state index in [4.69, 9.17) is 10.5 Å².